The van der Waals surface area contributed by atoms with E-state index in [1.54, 1.807) is 0 Å². The van der Waals surface area contributed by atoms with Crippen LogP contribution < -0.4 is 5.32 Å². The molecule has 0 aromatic rings. The lowest BCUT2D eigenvalue weighted by Crippen LogP contribution is -2.43. The second-order valence-electron chi connectivity index (χ2n) is 5.90. The minimum absolute atomic E-state index is 0.00182. The average Bonchev–Trinajstić information content (AvgIpc) is 3.25. The van der Waals surface area contributed by atoms with E-state index >= 15 is 0 Å². The van der Waals surface area contributed by atoms with Crippen molar-refractivity contribution in [3.05, 3.63) is 0 Å². The van der Waals surface area contributed by atoms with Gasteiger partial charge in [0.2, 0.25) is 11.8 Å². The number of carbonyl (C=O) groups excluding carboxylic acids is 2. The molecule has 3 rings (SSSR count). The SMILES string of the molecule is CCN(CCNC1CC(=O)N(C2CC2)C1=O)C1CC1. The number of nitrogens with one attached hydrogen (secondary N) is 1. The fraction of sp³-hybridized carbons (Fsp3) is 0.857. The number of rotatable bonds is 7. The van der Waals surface area contributed by atoms with E-state index in [4.69, 9.17) is 0 Å². The molecule has 106 valence electrons. The summed E-state index contributed by atoms with van der Waals surface area (Å²) in [5.74, 6) is 0.0153. The summed E-state index contributed by atoms with van der Waals surface area (Å²) in [5.41, 5.74) is 0. The lowest BCUT2D eigenvalue weighted by Gasteiger charge is -2.21. The van der Waals surface area contributed by atoms with Crippen molar-refractivity contribution in [3.63, 3.8) is 0 Å². The quantitative estimate of drug-likeness (QED) is 0.675. The molecule has 0 aromatic carbocycles. The van der Waals surface area contributed by atoms with Crippen LogP contribution in [0.5, 0.6) is 0 Å². The maximum atomic E-state index is 12.1. The summed E-state index contributed by atoms with van der Waals surface area (Å²) >= 11 is 0. The van der Waals surface area contributed by atoms with Crippen molar-refractivity contribution in [3.8, 4) is 0 Å². The minimum Gasteiger partial charge on any atom is -0.304 e. The van der Waals surface area contributed by atoms with Crippen molar-refractivity contribution < 1.29 is 9.59 Å². The molecule has 0 aromatic heterocycles. The fourth-order valence-corrected chi connectivity index (χ4v) is 2.95. The van der Waals surface area contributed by atoms with Crippen molar-refractivity contribution in [2.45, 2.75) is 57.2 Å². The van der Waals surface area contributed by atoms with Crippen LogP contribution in [0.1, 0.15) is 39.0 Å². The molecule has 0 bridgehead atoms. The molecule has 2 aliphatic carbocycles. The van der Waals surface area contributed by atoms with Crippen molar-refractivity contribution in [2.75, 3.05) is 19.6 Å². The minimum atomic E-state index is -0.272. The number of hydrogen-bond acceptors (Lipinski definition) is 4. The number of imide groups is 1. The molecule has 1 unspecified atom stereocenters. The van der Waals surface area contributed by atoms with E-state index in [-0.39, 0.29) is 23.9 Å². The van der Waals surface area contributed by atoms with E-state index in [9.17, 15) is 9.59 Å². The van der Waals surface area contributed by atoms with Gasteiger partial charge in [-0.2, -0.15) is 0 Å². The summed E-state index contributed by atoms with van der Waals surface area (Å²) in [6, 6.07) is 0.701. The van der Waals surface area contributed by atoms with Gasteiger partial charge >= 0.3 is 0 Å². The first kappa shape index (κ1) is 13.1. The average molecular weight is 265 g/mol. The molecule has 5 heteroatoms. The number of nitrogens with zero attached hydrogens (tertiary/aromatic N) is 2. The van der Waals surface area contributed by atoms with E-state index in [1.807, 2.05) is 0 Å². The standard InChI is InChI=1S/C14H23N3O2/c1-2-16(10-3-4-10)8-7-15-12-9-13(18)17(14(12)19)11-5-6-11/h10-12,15H,2-9H2,1H3. The second-order valence-corrected chi connectivity index (χ2v) is 5.90. The lowest BCUT2D eigenvalue weighted by atomic mass is 10.2. The number of amides is 2. The van der Waals surface area contributed by atoms with Crippen LogP contribution in [-0.2, 0) is 9.59 Å². The van der Waals surface area contributed by atoms with Gasteiger partial charge in [-0.1, -0.05) is 6.92 Å². The van der Waals surface area contributed by atoms with E-state index < -0.39 is 0 Å². The summed E-state index contributed by atoms with van der Waals surface area (Å²) in [7, 11) is 0. The predicted octanol–water partition coefficient (Wildman–Crippen LogP) is 0.350. The zero-order valence-corrected chi connectivity index (χ0v) is 11.6. The van der Waals surface area contributed by atoms with Crippen LogP contribution in [0.3, 0.4) is 0 Å². The first-order chi connectivity index (χ1) is 9.20. The van der Waals surface area contributed by atoms with Crippen LogP contribution in [0.2, 0.25) is 0 Å². The summed E-state index contributed by atoms with van der Waals surface area (Å²) in [5, 5.41) is 3.27. The van der Waals surface area contributed by atoms with E-state index in [0.29, 0.717) is 6.42 Å². The van der Waals surface area contributed by atoms with Gasteiger partial charge in [0.25, 0.3) is 0 Å². The normalized spacial score (nSPS) is 27.7. The Bertz CT molecular complexity index is 377. The monoisotopic (exact) mass is 265 g/mol. The highest BCUT2D eigenvalue weighted by Crippen LogP contribution is 2.31. The van der Waals surface area contributed by atoms with Crippen molar-refractivity contribution >= 4 is 11.8 Å². The topological polar surface area (TPSA) is 52.7 Å². The summed E-state index contributed by atoms with van der Waals surface area (Å²) in [6.07, 6.45) is 4.96. The Morgan fingerprint density at radius 2 is 2.00 bits per heavy atom. The summed E-state index contributed by atoms with van der Waals surface area (Å²) in [4.78, 5) is 27.9. The second kappa shape index (κ2) is 5.21. The Kier molecular flexibility index (Phi) is 3.58. The zero-order valence-electron chi connectivity index (χ0n) is 11.6. The molecule has 2 saturated carbocycles. The smallest absolute Gasteiger partial charge is 0.247 e. The van der Waals surface area contributed by atoms with Crippen LogP contribution in [0, 0.1) is 0 Å². The van der Waals surface area contributed by atoms with E-state index in [0.717, 1.165) is 38.5 Å². The largest absolute Gasteiger partial charge is 0.304 e. The Morgan fingerprint density at radius 1 is 1.26 bits per heavy atom. The summed E-state index contributed by atoms with van der Waals surface area (Å²) in [6.45, 7) is 5.02. The third kappa shape index (κ3) is 2.82. The molecule has 3 fully saturated rings. The molecule has 1 atom stereocenters. The van der Waals surface area contributed by atoms with Crippen molar-refractivity contribution in [2.24, 2.45) is 0 Å². The Labute approximate surface area is 114 Å². The van der Waals surface area contributed by atoms with Gasteiger partial charge < -0.3 is 5.32 Å². The number of likely N-dealkylation sites (tertiary alicyclic amines) is 1. The lowest BCUT2D eigenvalue weighted by molar-refractivity contribution is -0.139. The van der Waals surface area contributed by atoms with Gasteiger partial charge in [0.05, 0.1) is 12.5 Å². The van der Waals surface area contributed by atoms with Crippen LogP contribution in [-0.4, -0.2) is 59.4 Å². The summed E-state index contributed by atoms with van der Waals surface area (Å²) < 4.78 is 0. The Hall–Kier alpha value is -0.940. The van der Waals surface area contributed by atoms with Gasteiger partial charge in [0, 0.05) is 25.2 Å². The molecule has 0 spiro atoms. The Balaban J connectivity index is 1.45. The maximum Gasteiger partial charge on any atom is 0.247 e. The van der Waals surface area contributed by atoms with E-state index in [1.165, 1.54) is 17.7 Å². The van der Waals surface area contributed by atoms with Gasteiger partial charge in [-0.05, 0) is 32.2 Å². The van der Waals surface area contributed by atoms with Crippen LogP contribution in [0.25, 0.3) is 0 Å². The molecule has 2 amide bonds. The molecular formula is C14H23N3O2. The maximum absolute atomic E-state index is 12.1. The molecule has 0 radical (unpaired) electrons. The van der Waals surface area contributed by atoms with Gasteiger partial charge in [0.1, 0.15) is 0 Å². The molecule has 1 N–H and O–H groups in total. The fourth-order valence-electron chi connectivity index (χ4n) is 2.95. The molecule has 3 aliphatic rings. The molecule has 1 heterocycles. The van der Waals surface area contributed by atoms with Crippen LogP contribution >= 0.6 is 0 Å². The van der Waals surface area contributed by atoms with E-state index in [2.05, 4.69) is 17.1 Å². The number of likely N-dealkylation sites (N-methyl/N-ethyl adjacent to an activating group) is 1. The molecule has 1 aliphatic heterocycles. The zero-order chi connectivity index (χ0) is 13.4. The highest BCUT2D eigenvalue weighted by atomic mass is 16.2. The molecule has 5 nitrogen and oxygen atoms in total. The molecule has 1 saturated heterocycles. The third-order valence-electron chi connectivity index (χ3n) is 4.35. The van der Waals surface area contributed by atoms with Gasteiger partial charge in [-0.15, -0.1) is 0 Å². The molecule has 19 heavy (non-hydrogen) atoms. The first-order valence-electron chi connectivity index (χ1n) is 7.54. The van der Waals surface area contributed by atoms with Crippen molar-refractivity contribution in [1.29, 1.82) is 0 Å². The van der Waals surface area contributed by atoms with Gasteiger partial charge in [-0.25, -0.2) is 0 Å². The third-order valence-corrected chi connectivity index (χ3v) is 4.35. The highest BCUT2D eigenvalue weighted by Gasteiger charge is 2.45. The predicted molar refractivity (Wildman–Crippen MR) is 71.6 cm³/mol. The van der Waals surface area contributed by atoms with Gasteiger partial charge in [-0.3, -0.25) is 19.4 Å². The molecular weight excluding hydrogens is 242 g/mol. The highest BCUT2D eigenvalue weighted by molar-refractivity contribution is 6.06. The van der Waals surface area contributed by atoms with Crippen molar-refractivity contribution in [1.82, 2.24) is 15.1 Å². The Morgan fingerprint density at radius 3 is 2.58 bits per heavy atom. The first-order valence-corrected chi connectivity index (χ1v) is 7.54. The number of carbonyl (C=O) groups is 2. The number of hydrogen-bond donors (Lipinski definition) is 1. The van der Waals surface area contributed by atoms with Crippen LogP contribution in [0.4, 0.5) is 0 Å². The van der Waals surface area contributed by atoms with Gasteiger partial charge in [0.15, 0.2) is 0 Å². The van der Waals surface area contributed by atoms with Crippen LogP contribution in [0.15, 0.2) is 0 Å².